The lowest BCUT2D eigenvalue weighted by Crippen LogP contribution is -1.89. The maximum atomic E-state index is 6.57. The Bertz CT molecular complexity index is 3820. The van der Waals surface area contributed by atoms with E-state index in [0.717, 1.165) is 55.0 Å². The Hall–Kier alpha value is -7.68. The molecule has 0 fully saturated rings. The van der Waals surface area contributed by atoms with Gasteiger partial charge in [0.15, 0.2) is 11.2 Å². The van der Waals surface area contributed by atoms with Crippen LogP contribution < -0.4 is 0 Å². The van der Waals surface area contributed by atoms with Crippen LogP contribution in [0.25, 0.3) is 131 Å². The Morgan fingerprint density at radius 3 is 1.33 bits per heavy atom. The van der Waals surface area contributed by atoms with Crippen molar-refractivity contribution in [1.82, 2.24) is 0 Å². The Kier molecular flexibility index (Phi) is 6.47. The zero-order valence-electron chi connectivity index (χ0n) is 31.3. The minimum atomic E-state index is 0.786. The Morgan fingerprint density at radius 1 is 0.224 bits per heavy atom. The molecule has 0 aliphatic rings. The van der Waals surface area contributed by atoms with E-state index in [1.54, 1.807) is 0 Å². The highest BCUT2D eigenvalue weighted by molar-refractivity contribution is 6.26. The number of fused-ring (bicyclic) bond motifs is 16. The maximum absolute atomic E-state index is 6.57. The van der Waals surface area contributed by atoms with Crippen molar-refractivity contribution in [3.05, 3.63) is 194 Å². The standard InChI is InChI=1S/C56H32O2/c1-2-12-39-35(11-1)32-50(44-17-7-3-13-40(39)44)38-28-36(33-21-23-46-43-16-5-4-14-41(43)42-15-6-8-18-45(42)51(46)30-33)27-37(29-38)34-22-26-54-52(31-34)49-25-24-48-47-19-9-10-20-53(47)57-55(48)56(49)58-54/h1-32H. The molecule has 0 amide bonds. The molecule has 58 heavy (non-hydrogen) atoms. The smallest absolute Gasteiger partial charge is 0.178 e. The highest BCUT2D eigenvalue weighted by atomic mass is 16.4. The number of benzene rings is 11. The first-order valence-electron chi connectivity index (χ1n) is 19.9. The molecule has 0 aliphatic heterocycles. The highest BCUT2D eigenvalue weighted by Crippen LogP contribution is 2.44. The van der Waals surface area contributed by atoms with Crippen molar-refractivity contribution in [2.75, 3.05) is 0 Å². The van der Waals surface area contributed by atoms with E-state index in [2.05, 4.69) is 182 Å². The second kappa shape index (κ2) is 11.9. The second-order valence-corrected chi connectivity index (χ2v) is 15.6. The van der Waals surface area contributed by atoms with Crippen LogP contribution >= 0.6 is 0 Å². The van der Waals surface area contributed by atoms with Crippen molar-refractivity contribution in [2.24, 2.45) is 0 Å². The number of para-hydroxylation sites is 1. The molecule has 0 saturated carbocycles. The molecule has 2 aromatic heterocycles. The van der Waals surface area contributed by atoms with Gasteiger partial charge >= 0.3 is 0 Å². The van der Waals surface area contributed by atoms with Gasteiger partial charge in [-0.2, -0.15) is 0 Å². The molecule has 0 aliphatic carbocycles. The van der Waals surface area contributed by atoms with Gasteiger partial charge in [-0.3, -0.25) is 0 Å². The zero-order chi connectivity index (χ0) is 37.9. The van der Waals surface area contributed by atoms with E-state index in [-0.39, 0.29) is 0 Å². The molecular weight excluding hydrogens is 705 g/mol. The third-order valence-corrected chi connectivity index (χ3v) is 12.4. The molecule has 13 aromatic rings. The molecule has 11 aromatic carbocycles. The van der Waals surface area contributed by atoms with E-state index < -0.39 is 0 Å². The summed E-state index contributed by atoms with van der Waals surface area (Å²) >= 11 is 0. The van der Waals surface area contributed by atoms with Crippen LogP contribution in [0.2, 0.25) is 0 Å². The van der Waals surface area contributed by atoms with E-state index in [0.29, 0.717) is 0 Å². The molecule has 2 nitrogen and oxygen atoms in total. The largest absolute Gasteiger partial charge is 0.452 e. The fourth-order valence-corrected chi connectivity index (χ4v) is 9.69. The van der Waals surface area contributed by atoms with Gasteiger partial charge in [0.1, 0.15) is 11.2 Å². The average Bonchev–Trinajstić information content (AvgIpc) is 3.87. The van der Waals surface area contributed by atoms with Gasteiger partial charge in [-0.15, -0.1) is 0 Å². The van der Waals surface area contributed by atoms with Gasteiger partial charge in [-0.05, 0) is 148 Å². The van der Waals surface area contributed by atoms with Crippen LogP contribution in [0.1, 0.15) is 0 Å². The summed E-state index contributed by atoms with van der Waals surface area (Å²) in [6.45, 7) is 0. The van der Waals surface area contributed by atoms with Crippen LogP contribution in [0.5, 0.6) is 0 Å². The molecule has 0 N–H and O–H groups in total. The normalized spacial score (nSPS) is 12.1. The summed E-state index contributed by atoms with van der Waals surface area (Å²) in [6, 6.07) is 70.8. The first kappa shape index (κ1) is 31.5. The molecule has 2 heterocycles. The Balaban J connectivity index is 1.07. The molecule has 0 atom stereocenters. The molecule has 0 unspecified atom stereocenters. The van der Waals surface area contributed by atoms with Crippen molar-refractivity contribution in [1.29, 1.82) is 0 Å². The van der Waals surface area contributed by atoms with Crippen molar-refractivity contribution in [3.8, 4) is 33.4 Å². The zero-order valence-corrected chi connectivity index (χ0v) is 31.3. The minimum Gasteiger partial charge on any atom is -0.452 e. The van der Waals surface area contributed by atoms with Crippen molar-refractivity contribution in [3.63, 3.8) is 0 Å². The number of hydrogen-bond donors (Lipinski definition) is 0. The van der Waals surface area contributed by atoms with Crippen LogP contribution in [0.4, 0.5) is 0 Å². The van der Waals surface area contributed by atoms with E-state index in [1.165, 1.54) is 76.1 Å². The highest BCUT2D eigenvalue weighted by Gasteiger charge is 2.18. The molecule has 0 radical (unpaired) electrons. The molecule has 0 spiro atoms. The summed E-state index contributed by atoms with van der Waals surface area (Å²) in [4.78, 5) is 0. The topological polar surface area (TPSA) is 26.3 Å². The van der Waals surface area contributed by atoms with E-state index in [4.69, 9.17) is 8.83 Å². The van der Waals surface area contributed by atoms with Crippen LogP contribution in [0.15, 0.2) is 203 Å². The maximum Gasteiger partial charge on any atom is 0.178 e. The molecule has 0 bridgehead atoms. The van der Waals surface area contributed by atoms with Gasteiger partial charge in [0.2, 0.25) is 0 Å². The summed E-state index contributed by atoms with van der Waals surface area (Å²) < 4.78 is 13.0. The van der Waals surface area contributed by atoms with Gasteiger partial charge < -0.3 is 8.83 Å². The van der Waals surface area contributed by atoms with Gasteiger partial charge in [-0.25, -0.2) is 0 Å². The van der Waals surface area contributed by atoms with Crippen LogP contribution in [0, 0.1) is 0 Å². The summed E-state index contributed by atoms with van der Waals surface area (Å²) in [5.41, 5.74) is 10.3. The number of hydrogen-bond acceptors (Lipinski definition) is 2. The lowest BCUT2D eigenvalue weighted by Gasteiger charge is -2.16. The Morgan fingerprint density at radius 2 is 0.655 bits per heavy atom. The predicted molar refractivity (Wildman–Crippen MR) is 245 cm³/mol. The van der Waals surface area contributed by atoms with Crippen molar-refractivity contribution < 1.29 is 8.83 Å². The van der Waals surface area contributed by atoms with E-state index >= 15 is 0 Å². The van der Waals surface area contributed by atoms with E-state index in [9.17, 15) is 0 Å². The minimum absolute atomic E-state index is 0.786. The third-order valence-electron chi connectivity index (χ3n) is 12.4. The monoisotopic (exact) mass is 736 g/mol. The molecule has 0 saturated heterocycles. The third kappa shape index (κ3) is 4.54. The van der Waals surface area contributed by atoms with Gasteiger partial charge in [0, 0.05) is 21.5 Å². The quantitative estimate of drug-likeness (QED) is 0.169. The summed E-state index contributed by atoms with van der Waals surface area (Å²) in [6.07, 6.45) is 0. The van der Waals surface area contributed by atoms with E-state index in [1.807, 2.05) is 12.1 Å². The van der Waals surface area contributed by atoms with Gasteiger partial charge in [0.05, 0.1) is 0 Å². The first-order chi connectivity index (χ1) is 28.7. The molecule has 13 rings (SSSR count). The number of furan rings is 2. The summed E-state index contributed by atoms with van der Waals surface area (Å²) in [5, 5.41) is 16.9. The lowest BCUT2D eigenvalue weighted by atomic mass is 9.88. The fourth-order valence-electron chi connectivity index (χ4n) is 9.69. The summed E-state index contributed by atoms with van der Waals surface area (Å²) in [7, 11) is 0. The van der Waals surface area contributed by atoms with Crippen LogP contribution in [0.3, 0.4) is 0 Å². The van der Waals surface area contributed by atoms with Crippen molar-refractivity contribution in [2.45, 2.75) is 0 Å². The fraction of sp³-hybridized carbons (Fsp3) is 0. The van der Waals surface area contributed by atoms with Gasteiger partial charge in [0.25, 0.3) is 0 Å². The Labute approximate surface area is 332 Å². The molecule has 2 heteroatoms. The average molecular weight is 737 g/mol. The molecule has 268 valence electrons. The van der Waals surface area contributed by atoms with Crippen molar-refractivity contribution >= 4 is 97.7 Å². The lowest BCUT2D eigenvalue weighted by molar-refractivity contribution is 0.633. The van der Waals surface area contributed by atoms with Crippen LogP contribution in [-0.4, -0.2) is 0 Å². The molecular formula is C56H32O2. The first-order valence-corrected chi connectivity index (χ1v) is 19.9. The predicted octanol–water partition coefficient (Wildman–Crippen LogP) is 16.3. The SMILES string of the molecule is c1ccc2c(c1)cc(-c1cc(-c3ccc4oc5c(ccc6c7ccccc7oc65)c4c3)cc(-c3ccc4c5ccccc5c5ccccc5c4c3)c1)c1ccccc12. The van der Waals surface area contributed by atoms with Gasteiger partial charge in [-0.1, -0.05) is 133 Å². The summed E-state index contributed by atoms with van der Waals surface area (Å²) in [5.74, 6) is 0. The number of rotatable bonds is 3. The second-order valence-electron chi connectivity index (χ2n) is 15.6. The van der Waals surface area contributed by atoms with Crippen LogP contribution in [-0.2, 0) is 0 Å².